The summed E-state index contributed by atoms with van der Waals surface area (Å²) in [5, 5.41) is 2.94. The number of benzene rings is 2. The Bertz CT molecular complexity index is 1180. The molecule has 1 atom stereocenters. The Morgan fingerprint density at radius 1 is 1.00 bits per heavy atom. The summed E-state index contributed by atoms with van der Waals surface area (Å²) < 4.78 is 0. The molecule has 0 bridgehead atoms. The zero-order chi connectivity index (χ0) is 21.6. The quantitative estimate of drug-likeness (QED) is 0.450. The number of hydrogen-bond donors (Lipinski definition) is 2. The minimum atomic E-state index is -0.181. The van der Waals surface area contributed by atoms with Crippen molar-refractivity contribution in [2.75, 3.05) is 11.1 Å². The van der Waals surface area contributed by atoms with E-state index in [0.29, 0.717) is 5.56 Å². The molecule has 0 aliphatic carbocycles. The number of carbonyl (C=O) groups excluding carboxylic acids is 1. The molecular formula is C25H23N5O. The number of nitrogens with zero attached hydrogens (tertiary/aromatic N) is 3. The maximum Gasteiger partial charge on any atom is 0.257 e. The van der Waals surface area contributed by atoms with Crippen molar-refractivity contribution >= 4 is 17.3 Å². The summed E-state index contributed by atoms with van der Waals surface area (Å²) in [5.41, 5.74) is 11.6. The van der Waals surface area contributed by atoms with Gasteiger partial charge in [-0.05, 0) is 54.3 Å². The molecule has 31 heavy (non-hydrogen) atoms. The van der Waals surface area contributed by atoms with Crippen molar-refractivity contribution in [2.24, 2.45) is 0 Å². The molecule has 2 aromatic carbocycles. The molecule has 0 radical (unpaired) electrons. The second-order valence-corrected chi connectivity index (χ2v) is 7.44. The maximum absolute atomic E-state index is 12.4. The minimum Gasteiger partial charge on any atom is -0.399 e. The largest absolute Gasteiger partial charge is 0.399 e. The molecule has 0 fully saturated rings. The third-order valence-electron chi connectivity index (χ3n) is 5.04. The normalized spacial score (nSPS) is 11.6. The smallest absolute Gasteiger partial charge is 0.257 e. The van der Waals surface area contributed by atoms with Gasteiger partial charge in [0.2, 0.25) is 0 Å². The number of carbonyl (C=O) groups is 1. The highest BCUT2D eigenvalue weighted by Crippen LogP contribution is 2.24. The summed E-state index contributed by atoms with van der Waals surface area (Å²) in [4.78, 5) is 25.5. The number of rotatable bonds is 6. The first-order valence-corrected chi connectivity index (χ1v) is 10.1. The summed E-state index contributed by atoms with van der Waals surface area (Å²) in [7, 11) is 0. The van der Waals surface area contributed by atoms with E-state index in [-0.39, 0.29) is 11.8 Å². The van der Waals surface area contributed by atoms with Gasteiger partial charge in [0, 0.05) is 35.5 Å². The molecule has 2 aromatic heterocycles. The monoisotopic (exact) mass is 409 g/mol. The van der Waals surface area contributed by atoms with Crippen LogP contribution in [0.1, 0.15) is 34.5 Å². The molecule has 4 rings (SSSR count). The average molecular weight is 409 g/mol. The molecular weight excluding hydrogens is 386 g/mol. The molecule has 3 N–H and O–H groups in total. The highest BCUT2D eigenvalue weighted by Gasteiger charge is 2.12. The maximum atomic E-state index is 12.4. The van der Waals surface area contributed by atoms with E-state index in [2.05, 4.69) is 28.3 Å². The lowest BCUT2D eigenvalue weighted by Gasteiger charge is -2.14. The van der Waals surface area contributed by atoms with E-state index in [9.17, 15) is 4.79 Å². The van der Waals surface area contributed by atoms with Crippen LogP contribution in [0, 0.1) is 0 Å². The van der Waals surface area contributed by atoms with Crippen LogP contribution >= 0.6 is 0 Å². The van der Waals surface area contributed by atoms with Crippen LogP contribution in [0.4, 0.5) is 11.4 Å². The van der Waals surface area contributed by atoms with Gasteiger partial charge in [-0.25, -0.2) is 4.98 Å². The molecule has 1 amide bonds. The number of pyridine rings is 1. The van der Waals surface area contributed by atoms with Gasteiger partial charge in [0.1, 0.15) is 0 Å². The highest BCUT2D eigenvalue weighted by atomic mass is 16.1. The van der Waals surface area contributed by atoms with Crippen LogP contribution in [0.5, 0.6) is 0 Å². The Hall–Kier alpha value is -4.06. The zero-order valence-electron chi connectivity index (χ0n) is 17.2. The molecule has 0 saturated carbocycles. The van der Waals surface area contributed by atoms with Crippen LogP contribution < -0.4 is 11.1 Å². The average Bonchev–Trinajstić information content (AvgIpc) is 2.80. The number of anilines is 2. The molecule has 0 saturated heterocycles. The minimum absolute atomic E-state index is 0.181. The predicted molar refractivity (Wildman–Crippen MR) is 123 cm³/mol. The summed E-state index contributed by atoms with van der Waals surface area (Å²) >= 11 is 0. The van der Waals surface area contributed by atoms with Gasteiger partial charge in [-0.2, -0.15) is 0 Å². The number of nitrogens with one attached hydrogen (secondary N) is 1. The fraction of sp³-hybridized carbons (Fsp3) is 0.120. The second kappa shape index (κ2) is 9.17. The van der Waals surface area contributed by atoms with Crippen molar-refractivity contribution in [1.82, 2.24) is 15.0 Å². The van der Waals surface area contributed by atoms with Gasteiger partial charge < -0.3 is 11.1 Å². The fourth-order valence-corrected chi connectivity index (χ4v) is 3.35. The van der Waals surface area contributed by atoms with Crippen LogP contribution in [-0.4, -0.2) is 20.9 Å². The van der Waals surface area contributed by atoms with Crippen LogP contribution in [0.3, 0.4) is 0 Å². The third-order valence-corrected chi connectivity index (χ3v) is 5.04. The lowest BCUT2D eigenvalue weighted by Crippen LogP contribution is -2.12. The lowest BCUT2D eigenvalue weighted by molar-refractivity contribution is 0.102. The van der Waals surface area contributed by atoms with E-state index in [4.69, 9.17) is 10.7 Å². The molecule has 0 aliphatic rings. The van der Waals surface area contributed by atoms with Crippen molar-refractivity contribution < 1.29 is 4.79 Å². The van der Waals surface area contributed by atoms with Gasteiger partial charge in [0.25, 0.3) is 5.91 Å². The van der Waals surface area contributed by atoms with Gasteiger partial charge in [-0.3, -0.25) is 14.8 Å². The third kappa shape index (κ3) is 5.11. The Balaban J connectivity index is 1.47. The van der Waals surface area contributed by atoms with Gasteiger partial charge in [0.15, 0.2) is 0 Å². The molecule has 0 spiro atoms. The fourth-order valence-electron chi connectivity index (χ4n) is 3.35. The Labute approximate surface area is 181 Å². The Kier molecular flexibility index (Phi) is 5.98. The Morgan fingerprint density at radius 2 is 1.84 bits per heavy atom. The summed E-state index contributed by atoms with van der Waals surface area (Å²) in [5.74, 6) is 0.0196. The van der Waals surface area contributed by atoms with Crippen LogP contribution in [0.25, 0.3) is 11.3 Å². The first-order valence-electron chi connectivity index (χ1n) is 10.1. The first-order chi connectivity index (χ1) is 15.1. The summed E-state index contributed by atoms with van der Waals surface area (Å²) in [6.07, 6.45) is 7.48. The Morgan fingerprint density at radius 3 is 2.61 bits per heavy atom. The molecule has 0 unspecified atom stereocenters. The van der Waals surface area contributed by atoms with E-state index in [1.807, 2.05) is 42.5 Å². The summed E-state index contributed by atoms with van der Waals surface area (Å²) in [6, 6.07) is 19.0. The number of aromatic nitrogens is 3. The molecule has 6 nitrogen and oxygen atoms in total. The van der Waals surface area contributed by atoms with Gasteiger partial charge in [-0.15, -0.1) is 0 Å². The van der Waals surface area contributed by atoms with Crippen LogP contribution in [-0.2, 0) is 6.42 Å². The van der Waals surface area contributed by atoms with E-state index in [0.717, 1.165) is 40.3 Å². The SMILES string of the molecule is C[C@H](Cc1cncc(-c2ccc(N)cc2)n1)c1cccc(NC(=O)c2cccnc2)c1. The summed E-state index contributed by atoms with van der Waals surface area (Å²) in [6.45, 7) is 2.14. The van der Waals surface area contributed by atoms with Crippen molar-refractivity contribution in [2.45, 2.75) is 19.3 Å². The van der Waals surface area contributed by atoms with E-state index in [1.54, 1.807) is 36.9 Å². The number of nitrogens with two attached hydrogens (primary N) is 1. The van der Waals surface area contributed by atoms with E-state index < -0.39 is 0 Å². The first kappa shape index (κ1) is 20.2. The number of amides is 1. The highest BCUT2D eigenvalue weighted by molar-refractivity contribution is 6.04. The van der Waals surface area contributed by atoms with E-state index >= 15 is 0 Å². The van der Waals surface area contributed by atoms with Crippen molar-refractivity contribution in [3.8, 4) is 11.3 Å². The number of nitrogen functional groups attached to an aromatic ring is 1. The topological polar surface area (TPSA) is 93.8 Å². The van der Waals surface area contributed by atoms with Crippen molar-refractivity contribution in [3.63, 3.8) is 0 Å². The molecule has 4 aromatic rings. The molecule has 154 valence electrons. The zero-order valence-corrected chi connectivity index (χ0v) is 17.2. The number of hydrogen-bond acceptors (Lipinski definition) is 5. The van der Waals surface area contributed by atoms with Gasteiger partial charge in [0.05, 0.1) is 23.1 Å². The molecule has 0 aliphatic heterocycles. The van der Waals surface area contributed by atoms with E-state index in [1.165, 1.54) is 0 Å². The van der Waals surface area contributed by atoms with Crippen molar-refractivity contribution in [1.29, 1.82) is 0 Å². The van der Waals surface area contributed by atoms with Crippen molar-refractivity contribution in [3.05, 3.63) is 102 Å². The van der Waals surface area contributed by atoms with Crippen LogP contribution in [0.2, 0.25) is 0 Å². The standard InChI is InChI=1S/C25H23N5O/c1-17(12-23-15-28-16-24(29-23)18-7-9-21(26)10-8-18)19-4-2-6-22(13-19)30-25(31)20-5-3-11-27-14-20/h2-11,13-17H,12,26H2,1H3,(H,30,31)/t17-/m1/s1. The van der Waals surface area contributed by atoms with Gasteiger partial charge in [-0.1, -0.05) is 31.2 Å². The van der Waals surface area contributed by atoms with Crippen LogP contribution in [0.15, 0.2) is 85.5 Å². The molecule has 2 heterocycles. The van der Waals surface area contributed by atoms with Gasteiger partial charge >= 0.3 is 0 Å². The lowest BCUT2D eigenvalue weighted by atomic mass is 9.96. The second-order valence-electron chi connectivity index (χ2n) is 7.44. The predicted octanol–water partition coefficient (Wildman–Crippen LogP) is 4.72. The molecule has 6 heteroatoms.